The first kappa shape index (κ1) is 19.9. The van der Waals surface area contributed by atoms with Gasteiger partial charge in [0.1, 0.15) is 4.34 Å². The van der Waals surface area contributed by atoms with Gasteiger partial charge in [-0.05, 0) is 32.6 Å². The molecule has 2 amide bonds. The van der Waals surface area contributed by atoms with Crippen molar-refractivity contribution in [3.05, 3.63) is 10.5 Å². The van der Waals surface area contributed by atoms with Gasteiger partial charge in [0, 0.05) is 25.2 Å². The maximum atomic E-state index is 12.9. The van der Waals surface area contributed by atoms with Crippen LogP contribution in [0.15, 0.2) is 6.20 Å². The van der Waals surface area contributed by atoms with Gasteiger partial charge in [-0.2, -0.15) is 0 Å². The Morgan fingerprint density at radius 2 is 1.92 bits per heavy atom. The largest absolute Gasteiger partial charge is 0.324 e. The molecule has 146 valence electrons. The van der Waals surface area contributed by atoms with E-state index in [0.717, 1.165) is 25.7 Å². The molecule has 1 aromatic heterocycles. The molecule has 0 spiro atoms. The van der Waals surface area contributed by atoms with Gasteiger partial charge in [0.2, 0.25) is 10.0 Å². The van der Waals surface area contributed by atoms with Crippen molar-refractivity contribution >= 4 is 44.1 Å². The Hall–Kier alpha value is -0.900. The smallest absolute Gasteiger partial charge is 0.318 e. The van der Waals surface area contributed by atoms with Crippen molar-refractivity contribution in [3.8, 4) is 0 Å². The first-order valence-corrected chi connectivity index (χ1v) is 11.9. The fourth-order valence-electron chi connectivity index (χ4n) is 3.86. The van der Waals surface area contributed by atoms with Gasteiger partial charge in [-0.1, -0.05) is 35.8 Å². The number of nitrogens with zero attached hydrogens (tertiary/aromatic N) is 3. The second-order valence-corrected chi connectivity index (χ2v) is 10.7. The van der Waals surface area contributed by atoms with E-state index in [0.29, 0.717) is 35.4 Å². The van der Waals surface area contributed by atoms with Gasteiger partial charge >= 0.3 is 6.03 Å². The van der Waals surface area contributed by atoms with Gasteiger partial charge in [0.25, 0.3) is 0 Å². The molecule has 26 heavy (non-hydrogen) atoms. The maximum Gasteiger partial charge on any atom is 0.324 e. The molecule has 2 heterocycles. The number of anilines is 1. The molecule has 3 rings (SSSR count). The van der Waals surface area contributed by atoms with Gasteiger partial charge in [-0.25, -0.2) is 22.5 Å². The number of carbonyl (C=O) groups is 1. The van der Waals surface area contributed by atoms with Crippen LogP contribution in [0.2, 0.25) is 4.34 Å². The topological polar surface area (TPSA) is 82.6 Å². The zero-order chi connectivity index (χ0) is 18.7. The number of aromatic nitrogens is 1. The molecule has 0 radical (unpaired) electrons. The van der Waals surface area contributed by atoms with E-state index in [4.69, 9.17) is 11.6 Å². The van der Waals surface area contributed by atoms with Crippen LogP contribution in [-0.4, -0.2) is 59.6 Å². The summed E-state index contributed by atoms with van der Waals surface area (Å²) >= 11 is 7.14. The SMILES string of the molecule is CCS(=O)(=O)N1CCC(N(C(=O)Nc2ncc(Cl)s2)C2CCCC2)CC1. The third-order valence-electron chi connectivity index (χ3n) is 5.22. The number of thiazole rings is 1. The van der Waals surface area contributed by atoms with Crippen LogP contribution in [0.3, 0.4) is 0 Å². The molecular formula is C16H25ClN4O3S2. The van der Waals surface area contributed by atoms with Crippen molar-refractivity contribution < 1.29 is 13.2 Å². The van der Waals surface area contributed by atoms with Crippen molar-refractivity contribution in [1.82, 2.24) is 14.2 Å². The predicted octanol–water partition coefficient (Wildman–Crippen LogP) is 3.39. The Bertz CT molecular complexity index is 726. The van der Waals surface area contributed by atoms with Gasteiger partial charge in [0.15, 0.2) is 5.13 Å². The van der Waals surface area contributed by atoms with E-state index >= 15 is 0 Å². The molecule has 0 bridgehead atoms. The van der Waals surface area contributed by atoms with Gasteiger partial charge in [-0.15, -0.1) is 0 Å². The summed E-state index contributed by atoms with van der Waals surface area (Å²) in [4.78, 5) is 19.0. The Morgan fingerprint density at radius 1 is 1.31 bits per heavy atom. The molecule has 2 aliphatic rings. The average Bonchev–Trinajstić information content (AvgIpc) is 3.28. The van der Waals surface area contributed by atoms with E-state index in [1.807, 2.05) is 4.90 Å². The summed E-state index contributed by atoms with van der Waals surface area (Å²) in [6.45, 7) is 2.61. The lowest BCUT2D eigenvalue weighted by atomic mass is 10.0. The van der Waals surface area contributed by atoms with Crippen LogP contribution in [0.1, 0.15) is 45.4 Å². The molecule has 1 saturated carbocycles. The van der Waals surface area contributed by atoms with Crippen LogP contribution in [0.25, 0.3) is 0 Å². The molecule has 0 aromatic carbocycles. The van der Waals surface area contributed by atoms with E-state index in [2.05, 4.69) is 10.3 Å². The Balaban J connectivity index is 1.70. The summed E-state index contributed by atoms with van der Waals surface area (Å²) in [5, 5.41) is 3.36. The minimum Gasteiger partial charge on any atom is -0.318 e. The standard InChI is InChI=1S/C16H25ClN4O3S2/c1-2-26(23,24)20-9-7-13(8-10-20)21(12-5-3-4-6-12)16(22)19-15-18-11-14(17)25-15/h11-13H,2-10H2,1H3,(H,18,19,22). The van der Waals surface area contributed by atoms with E-state index in [-0.39, 0.29) is 23.9 Å². The van der Waals surface area contributed by atoms with Crippen molar-refractivity contribution in [2.45, 2.75) is 57.5 Å². The highest BCUT2D eigenvalue weighted by molar-refractivity contribution is 7.89. The lowest BCUT2D eigenvalue weighted by Gasteiger charge is -2.40. The summed E-state index contributed by atoms with van der Waals surface area (Å²) in [5.41, 5.74) is 0. The summed E-state index contributed by atoms with van der Waals surface area (Å²) in [7, 11) is -3.16. The molecule has 1 aliphatic carbocycles. The number of amides is 2. The molecule has 2 fully saturated rings. The van der Waals surface area contributed by atoms with E-state index in [1.54, 1.807) is 11.2 Å². The van der Waals surface area contributed by atoms with E-state index in [9.17, 15) is 13.2 Å². The quantitative estimate of drug-likeness (QED) is 0.791. The number of urea groups is 1. The lowest BCUT2D eigenvalue weighted by molar-refractivity contribution is 0.125. The Labute approximate surface area is 163 Å². The zero-order valence-corrected chi connectivity index (χ0v) is 17.2. The average molecular weight is 421 g/mol. The zero-order valence-electron chi connectivity index (χ0n) is 14.9. The molecule has 1 aliphatic heterocycles. The monoisotopic (exact) mass is 420 g/mol. The number of halogens is 1. The lowest BCUT2D eigenvalue weighted by Crippen LogP contribution is -2.53. The fraction of sp³-hybridized carbons (Fsp3) is 0.750. The third-order valence-corrected chi connectivity index (χ3v) is 8.13. The molecule has 1 saturated heterocycles. The van der Waals surface area contributed by atoms with Crippen LogP contribution in [0.5, 0.6) is 0 Å². The first-order valence-electron chi connectivity index (χ1n) is 9.09. The second-order valence-electron chi connectivity index (χ2n) is 6.78. The van der Waals surface area contributed by atoms with Gasteiger partial charge in [-0.3, -0.25) is 5.32 Å². The van der Waals surface area contributed by atoms with Gasteiger partial charge < -0.3 is 4.90 Å². The highest BCUT2D eigenvalue weighted by Gasteiger charge is 2.36. The molecule has 1 aromatic rings. The molecule has 0 atom stereocenters. The van der Waals surface area contributed by atoms with E-state index in [1.165, 1.54) is 17.5 Å². The number of hydrogen-bond acceptors (Lipinski definition) is 5. The first-order chi connectivity index (χ1) is 12.4. The number of nitrogens with one attached hydrogen (secondary N) is 1. The number of hydrogen-bond donors (Lipinski definition) is 1. The molecule has 7 nitrogen and oxygen atoms in total. The molecule has 0 unspecified atom stereocenters. The number of rotatable bonds is 5. The van der Waals surface area contributed by atoms with Crippen LogP contribution in [0, 0.1) is 0 Å². The summed E-state index contributed by atoms with van der Waals surface area (Å²) in [6.07, 6.45) is 7.11. The summed E-state index contributed by atoms with van der Waals surface area (Å²) in [6, 6.07) is 0.112. The normalized spacial score (nSPS) is 20.4. The summed E-state index contributed by atoms with van der Waals surface area (Å²) in [5.74, 6) is 0.120. The maximum absolute atomic E-state index is 12.9. The van der Waals surface area contributed by atoms with Gasteiger partial charge in [0.05, 0.1) is 11.9 Å². The minimum atomic E-state index is -3.16. The molecular weight excluding hydrogens is 396 g/mol. The highest BCUT2D eigenvalue weighted by Crippen LogP contribution is 2.31. The fourth-order valence-corrected chi connectivity index (χ4v) is 5.80. The van der Waals surface area contributed by atoms with Crippen LogP contribution in [-0.2, 0) is 10.0 Å². The highest BCUT2D eigenvalue weighted by atomic mass is 35.5. The second kappa shape index (κ2) is 8.41. The van der Waals surface area contributed by atoms with Crippen LogP contribution in [0.4, 0.5) is 9.93 Å². The number of piperidine rings is 1. The predicted molar refractivity (Wildman–Crippen MR) is 104 cm³/mol. The van der Waals surface area contributed by atoms with Crippen molar-refractivity contribution in [1.29, 1.82) is 0 Å². The number of sulfonamides is 1. The third kappa shape index (κ3) is 4.49. The van der Waals surface area contributed by atoms with Crippen LogP contribution >= 0.6 is 22.9 Å². The number of carbonyl (C=O) groups excluding carboxylic acids is 1. The molecule has 10 heteroatoms. The molecule has 1 N–H and O–H groups in total. The Kier molecular flexibility index (Phi) is 6.42. The van der Waals surface area contributed by atoms with Crippen molar-refractivity contribution in [2.75, 3.05) is 24.2 Å². The Morgan fingerprint density at radius 3 is 2.46 bits per heavy atom. The van der Waals surface area contributed by atoms with Crippen molar-refractivity contribution in [3.63, 3.8) is 0 Å². The summed E-state index contributed by atoms with van der Waals surface area (Å²) < 4.78 is 26.2. The minimum absolute atomic E-state index is 0.0526. The van der Waals surface area contributed by atoms with Crippen molar-refractivity contribution in [2.24, 2.45) is 0 Å². The van der Waals surface area contributed by atoms with E-state index < -0.39 is 10.0 Å². The van der Waals surface area contributed by atoms with Crippen LogP contribution < -0.4 is 5.32 Å².